The van der Waals surface area contributed by atoms with Crippen LogP contribution in [-0.4, -0.2) is 17.0 Å². The summed E-state index contributed by atoms with van der Waals surface area (Å²) in [5.74, 6) is -1.93. The Balaban J connectivity index is 1.76. The van der Waals surface area contributed by atoms with Gasteiger partial charge in [-0.15, -0.1) is 0 Å². The van der Waals surface area contributed by atoms with Crippen LogP contribution in [-0.2, 0) is 9.59 Å². The molecule has 3 rings (SSSR count). The normalized spacial score (nSPS) is 29.5. The number of hydrogen-bond acceptors (Lipinski definition) is 2. The van der Waals surface area contributed by atoms with Crippen molar-refractivity contribution in [2.45, 2.75) is 32.7 Å². The van der Waals surface area contributed by atoms with E-state index in [0.29, 0.717) is 0 Å². The Bertz CT molecular complexity index is 635. The first-order valence-electron chi connectivity index (χ1n) is 8.29. The highest BCUT2D eigenvalue weighted by atomic mass is 16.4. The quantitative estimate of drug-likeness (QED) is 0.821. The lowest BCUT2D eigenvalue weighted by atomic mass is 9.82. The second-order valence-electron chi connectivity index (χ2n) is 6.72. The fourth-order valence-corrected chi connectivity index (χ4v) is 4.00. The van der Waals surface area contributed by atoms with E-state index in [1.807, 2.05) is 50.3 Å². The van der Waals surface area contributed by atoms with Crippen molar-refractivity contribution in [3.05, 3.63) is 47.5 Å². The molecule has 1 aromatic rings. The summed E-state index contributed by atoms with van der Waals surface area (Å²) in [5, 5.41) is 12.6. The van der Waals surface area contributed by atoms with Crippen molar-refractivity contribution < 1.29 is 14.7 Å². The molecule has 2 bridgehead atoms. The van der Waals surface area contributed by atoms with Crippen molar-refractivity contribution in [3.63, 3.8) is 0 Å². The molecule has 2 aliphatic rings. The fourth-order valence-electron chi connectivity index (χ4n) is 4.00. The molecule has 2 N–H and O–H groups in total. The molecule has 2 aliphatic carbocycles. The minimum atomic E-state index is -0.856. The predicted molar refractivity (Wildman–Crippen MR) is 87.7 cm³/mol. The first-order chi connectivity index (χ1) is 11.0. The summed E-state index contributed by atoms with van der Waals surface area (Å²) < 4.78 is 0. The Morgan fingerprint density at radius 3 is 2.35 bits per heavy atom. The highest BCUT2D eigenvalue weighted by Gasteiger charge is 2.51. The summed E-state index contributed by atoms with van der Waals surface area (Å²) in [7, 11) is 0. The minimum absolute atomic E-state index is 0.00713. The van der Waals surface area contributed by atoms with Crippen LogP contribution < -0.4 is 5.32 Å². The molecule has 122 valence electrons. The summed E-state index contributed by atoms with van der Waals surface area (Å²) >= 11 is 0. The molecule has 1 amide bonds. The van der Waals surface area contributed by atoms with Gasteiger partial charge < -0.3 is 10.4 Å². The topological polar surface area (TPSA) is 66.4 Å². The first kappa shape index (κ1) is 15.8. The SMILES string of the molecule is CC[C@H](NC(=O)[C@H]1[C@H](C(=O)O)[C@H]2C=C[C@H]1C2)c1ccc(C)cc1. The summed E-state index contributed by atoms with van der Waals surface area (Å²) in [6.07, 6.45) is 5.55. The summed E-state index contributed by atoms with van der Waals surface area (Å²) in [4.78, 5) is 24.3. The number of rotatable bonds is 5. The van der Waals surface area contributed by atoms with Crippen LogP contribution in [0, 0.1) is 30.6 Å². The molecular weight excluding hydrogens is 290 g/mol. The molecule has 0 aromatic heterocycles. The summed E-state index contributed by atoms with van der Waals surface area (Å²) in [6.45, 7) is 4.06. The van der Waals surface area contributed by atoms with Gasteiger partial charge in [-0.25, -0.2) is 0 Å². The first-order valence-corrected chi connectivity index (χ1v) is 8.29. The Morgan fingerprint density at radius 1 is 1.17 bits per heavy atom. The molecule has 1 aromatic carbocycles. The maximum atomic E-state index is 12.8. The maximum absolute atomic E-state index is 12.8. The number of carboxylic acid groups (broad SMARTS) is 1. The summed E-state index contributed by atoms with van der Waals surface area (Å²) in [6, 6.07) is 8.05. The standard InChI is InChI=1S/C19H23NO3/c1-3-15(12-6-4-11(2)5-7-12)20-18(21)16-13-8-9-14(10-13)17(16)19(22)23/h4-9,13-17H,3,10H2,1-2H3,(H,20,21)(H,22,23)/t13-,14-,15-,16+,17+/m0/s1. The highest BCUT2D eigenvalue weighted by molar-refractivity contribution is 5.87. The zero-order chi connectivity index (χ0) is 16.6. The number of hydrogen-bond donors (Lipinski definition) is 2. The largest absolute Gasteiger partial charge is 0.481 e. The number of aryl methyl sites for hydroxylation is 1. The smallest absolute Gasteiger partial charge is 0.307 e. The van der Waals surface area contributed by atoms with Crippen molar-refractivity contribution in [3.8, 4) is 0 Å². The van der Waals surface area contributed by atoms with Gasteiger partial charge >= 0.3 is 5.97 Å². The van der Waals surface area contributed by atoms with Crippen molar-refractivity contribution in [2.75, 3.05) is 0 Å². The number of amides is 1. The molecule has 4 nitrogen and oxygen atoms in total. The van der Waals surface area contributed by atoms with E-state index in [1.165, 1.54) is 5.56 Å². The van der Waals surface area contributed by atoms with Gasteiger partial charge in [-0.05, 0) is 37.2 Å². The molecule has 0 saturated heterocycles. The third-order valence-electron chi connectivity index (χ3n) is 5.25. The monoisotopic (exact) mass is 313 g/mol. The molecule has 0 heterocycles. The van der Waals surface area contributed by atoms with Gasteiger partial charge in [0.15, 0.2) is 0 Å². The summed E-state index contributed by atoms with van der Waals surface area (Å²) in [5.41, 5.74) is 2.25. The van der Waals surface area contributed by atoms with Gasteiger partial charge in [-0.1, -0.05) is 48.9 Å². The Morgan fingerprint density at radius 2 is 1.78 bits per heavy atom. The molecule has 4 heteroatoms. The zero-order valence-electron chi connectivity index (χ0n) is 13.5. The van der Waals surface area contributed by atoms with E-state index >= 15 is 0 Å². The van der Waals surface area contributed by atoms with Gasteiger partial charge in [0.1, 0.15) is 0 Å². The number of allylic oxidation sites excluding steroid dienone is 2. The van der Waals surface area contributed by atoms with Crippen LogP contribution in [0.4, 0.5) is 0 Å². The molecule has 1 saturated carbocycles. The number of carbonyl (C=O) groups excluding carboxylic acids is 1. The number of carboxylic acids is 1. The van der Waals surface area contributed by atoms with Gasteiger partial charge in [-0.3, -0.25) is 9.59 Å². The third-order valence-corrected chi connectivity index (χ3v) is 5.25. The molecule has 23 heavy (non-hydrogen) atoms. The van der Waals surface area contributed by atoms with Gasteiger partial charge in [0.2, 0.25) is 5.91 Å². The van der Waals surface area contributed by atoms with Crippen molar-refractivity contribution in [2.24, 2.45) is 23.7 Å². The Labute approximate surface area is 136 Å². The average molecular weight is 313 g/mol. The molecule has 0 spiro atoms. The predicted octanol–water partition coefficient (Wildman–Crippen LogP) is 3.09. The molecule has 0 aliphatic heterocycles. The van der Waals surface area contributed by atoms with Crippen LogP contribution in [0.1, 0.15) is 36.9 Å². The van der Waals surface area contributed by atoms with Gasteiger partial charge in [0.05, 0.1) is 17.9 Å². The van der Waals surface area contributed by atoms with Crippen LogP contribution in [0.5, 0.6) is 0 Å². The van der Waals surface area contributed by atoms with E-state index in [4.69, 9.17) is 0 Å². The van der Waals surface area contributed by atoms with Crippen LogP contribution >= 0.6 is 0 Å². The van der Waals surface area contributed by atoms with Crippen LogP contribution in [0.25, 0.3) is 0 Å². The van der Waals surface area contributed by atoms with Crippen LogP contribution in [0.3, 0.4) is 0 Å². The van der Waals surface area contributed by atoms with E-state index in [1.54, 1.807) is 0 Å². The van der Waals surface area contributed by atoms with E-state index in [2.05, 4.69) is 5.32 Å². The zero-order valence-corrected chi connectivity index (χ0v) is 13.5. The number of nitrogens with one attached hydrogen (secondary N) is 1. The number of benzene rings is 1. The van der Waals surface area contributed by atoms with Crippen molar-refractivity contribution in [1.82, 2.24) is 5.32 Å². The lowest BCUT2D eigenvalue weighted by Crippen LogP contribution is -2.41. The van der Waals surface area contributed by atoms with E-state index in [9.17, 15) is 14.7 Å². The molecule has 1 fully saturated rings. The molecule has 0 radical (unpaired) electrons. The number of fused-ring (bicyclic) bond motifs is 2. The Kier molecular flexibility index (Phi) is 4.24. The van der Waals surface area contributed by atoms with Crippen molar-refractivity contribution >= 4 is 11.9 Å². The lowest BCUT2D eigenvalue weighted by molar-refractivity contribution is -0.148. The number of aliphatic carboxylic acids is 1. The highest BCUT2D eigenvalue weighted by Crippen LogP contribution is 2.48. The van der Waals surface area contributed by atoms with Crippen molar-refractivity contribution in [1.29, 1.82) is 0 Å². The Hall–Kier alpha value is -2.10. The van der Waals surface area contributed by atoms with Gasteiger partial charge in [0, 0.05) is 0 Å². The van der Waals surface area contributed by atoms with Gasteiger partial charge in [0.25, 0.3) is 0 Å². The van der Waals surface area contributed by atoms with E-state index in [-0.39, 0.29) is 23.8 Å². The minimum Gasteiger partial charge on any atom is -0.481 e. The molecular formula is C19H23NO3. The average Bonchev–Trinajstić information content (AvgIpc) is 3.14. The van der Waals surface area contributed by atoms with Crippen LogP contribution in [0.15, 0.2) is 36.4 Å². The van der Waals surface area contributed by atoms with Gasteiger partial charge in [-0.2, -0.15) is 0 Å². The van der Waals surface area contributed by atoms with E-state index in [0.717, 1.165) is 18.4 Å². The molecule has 0 unspecified atom stereocenters. The third kappa shape index (κ3) is 2.90. The number of carbonyl (C=O) groups is 2. The second-order valence-corrected chi connectivity index (χ2v) is 6.72. The second kappa shape index (κ2) is 6.19. The van der Waals surface area contributed by atoms with E-state index < -0.39 is 17.8 Å². The lowest BCUT2D eigenvalue weighted by Gasteiger charge is -2.26. The van der Waals surface area contributed by atoms with Crippen LogP contribution in [0.2, 0.25) is 0 Å². The molecule has 5 atom stereocenters. The maximum Gasteiger partial charge on any atom is 0.307 e. The fraction of sp³-hybridized carbons (Fsp3) is 0.474.